The van der Waals surface area contributed by atoms with E-state index in [0.29, 0.717) is 4.90 Å². The van der Waals surface area contributed by atoms with E-state index in [-0.39, 0.29) is 0 Å². The van der Waals surface area contributed by atoms with E-state index in [1.54, 1.807) is 12.1 Å². The molecule has 0 aliphatic carbocycles. The average Bonchev–Trinajstić information content (AvgIpc) is 3.01. The van der Waals surface area contributed by atoms with Gasteiger partial charge in [-0.15, -0.1) is 0 Å². The Labute approximate surface area is 160 Å². The van der Waals surface area contributed by atoms with Crippen LogP contribution in [-0.4, -0.2) is 19.7 Å². The topological polar surface area (TPSA) is 49.9 Å². The second kappa shape index (κ2) is 6.41. The molecule has 3 nitrogen and oxygen atoms in total. The maximum atomic E-state index is 11.7. The minimum absolute atomic E-state index is 0.322. The lowest BCUT2D eigenvalue weighted by Crippen LogP contribution is -1.96. The molecule has 1 aromatic heterocycles. The molecular weight excluding hydrogens is 410 g/mol. The smallest absolute Gasteiger partial charge is 0.175 e. The lowest BCUT2D eigenvalue weighted by molar-refractivity contribution is 0.602. The van der Waals surface area contributed by atoms with Crippen molar-refractivity contribution in [1.29, 1.82) is 0 Å². The molecule has 0 saturated carbocycles. The molecule has 26 heavy (non-hydrogen) atoms. The van der Waals surface area contributed by atoms with E-state index < -0.39 is 9.84 Å². The summed E-state index contributed by atoms with van der Waals surface area (Å²) in [5.74, 6) is 0. The van der Waals surface area contributed by atoms with Gasteiger partial charge in [0.05, 0.1) is 10.6 Å². The number of fused-ring (bicyclic) bond motifs is 1. The molecule has 0 fully saturated rings. The third kappa shape index (κ3) is 3.08. The first-order valence-electron chi connectivity index (χ1n) is 8.10. The van der Waals surface area contributed by atoms with Gasteiger partial charge in [-0.1, -0.05) is 58.4 Å². The second-order valence-corrected chi connectivity index (χ2v) is 9.16. The quantitative estimate of drug-likeness (QED) is 0.459. The average molecular weight is 426 g/mol. The van der Waals surface area contributed by atoms with Gasteiger partial charge >= 0.3 is 0 Å². The summed E-state index contributed by atoms with van der Waals surface area (Å²) in [6, 6.07) is 23.4. The van der Waals surface area contributed by atoms with Crippen LogP contribution in [0.15, 0.2) is 82.2 Å². The largest absolute Gasteiger partial charge is 0.354 e. The number of para-hydroxylation sites is 1. The maximum Gasteiger partial charge on any atom is 0.175 e. The van der Waals surface area contributed by atoms with Gasteiger partial charge in [0.15, 0.2) is 9.84 Å². The van der Waals surface area contributed by atoms with Crippen LogP contribution in [0.4, 0.5) is 0 Å². The number of halogens is 1. The Hall–Kier alpha value is -2.37. The van der Waals surface area contributed by atoms with E-state index in [1.165, 1.54) is 6.26 Å². The first-order valence-corrected chi connectivity index (χ1v) is 10.8. The van der Waals surface area contributed by atoms with E-state index in [2.05, 4.69) is 39.1 Å². The van der Waals surface area contributed by atoms with Crippen LogP contribution in [-0.2, 0) is 9.84 Å². The predicted molar refractivity (Wildman–Crippen MR) is 110 cm³/mol. The Morgan fingerprint density at radius 1 is 0.808 bits per heavy atom. The van der Waals surface area contributed by atoms with Crippen molar-refractivity contribution in [2.75, 3.05) is 6.26 Å². The van der Waals surface area contributed by atoms with Crippen molar-refractivity contribution in [3.8, 4) is 22.4 Å². The zero-order valence-electron chi connectivity index (χ0n) is 14.0. The fourth-order valence-electron chi connectivity index (χ4n) is 3.14. The van der Waals surface area contributed by atoms with Crippen molar-refractivity contribution in [3.05, 3.63) is 77.3 Å². The molecular formula is C21H16BrNO2S. The number of aromatic nitrogens is 1. The van der Waals surface area contributed by atoms with Gasteiger partial charge in [0.1, 0.15) is 0 Å². The number of sulfone groups is 1. The third-order valence-electron chi connectivity index (χ3n) is 4.41. The van der Waals surface area contributed by atoms with Crippen LogP contribution in [0.2, 0.25) is 0 Å². The van der Waals surface area contributed by atoms with E-state index in [9.17, 15) is 8.42 Å². The van der Waals surface area contributed by atoms with Gasteiger partial charge in [-0.3, -0.25) is 0 Å². The molecule has 0 radical (unpaired) electrons. The lowest BCUT2D eigenvalue weighted by Gasteiger charge is -2.07. The van der Waals surface area contributed by atoms with Gasteiger partial charge in [0, 0.05) is 27.2 Å². The van der Waals surface area contributed by atoms with E-state index in [0.717, 1.165) is 37.8 Å². The molecule has 0 spiro atoms. The zero-order valence-corrected chi connectivity index (χ0v) is 16.4. The Bertz CT molecular complexity index is 1190. The zero-order chi connectivity index (χ0) is 18.3. The minimum Gasteiger partial charge on any atom is -0.354 e. The molecule has 4 rings (SSSR count). The Morgan fingerprint density at radius 2 is 1.42 bits per heavy atom. The number of nitrogens with one attached hydrogen (secondary N) is 1. The number of rotatable bonds is 3. The summed E-state index contributed by atoms with van der Waals surface area (Å²) in [5.41, 5.74) is 5.20. The molecule has 0 saturated heterocycles. The van der Waals surface area contributed by atoms with Gasteiger partial charge in [-0.25, -0.2) is 8.42 Å². The standard InChI is InChI=1S/C21H16BrNO2S/c1-26(24,25)17-12-8-15(9-13-17)21-20(14-6-10-16(22)11-7-14)18-4-2-3-5-19(18)23-21/h2-13,23H,1H3. The fraction of sp³-hybridized carbons (Fsp3) is 0.0476. The Morgan fingerprint density at radius 3 is 2.08 bits per heavy atom. The van der Waals surface area contributed by atoms with Gasteiger partial charge in [0.25, 0.3) is 0 Å². The number of aromatic amines is 1. The van der Waals surface area contributed by atoms with Gasteiger partial charge < -0.3 is 4.98 Å². The fourth-order valence-corrected chi connectivity index (χ4v) is 4.04. The van der Waals surface area contributed by atoms with Crippen LogP contribution >= 0.6 is 15.9 Å². The summed E-state index contributed by atoms with van der Waals surface area (Å²) in [4.78, 5) is 3.81. The number of hydrogen-bond donors (Lipinski definition) is 1. The third-order valence-corrected chi connectivity index (χ3v) is 6.07. The maximum absolute atomic E-state index is 11.7. The van der Waals surface area contributed by atoms with E-state index in [1.807, 2.05) is 42.5 Å². The normalized spacial score (nSPS) is 11.8. The number of benzene rings is 3. The van der Waals surface area contributed by atoms with Crippen LogP contribution in [0.1, 0.15) is 0 Å². The number of H-pyrrole nitrogens is 1. The van der Waals surface area contributed by atoms with Crippen molar-refractivity contribution >= 4 is 36.7 Å². The molecule has 1 heterocycles. The first kappa shape index (κ1) is 17.1. The SMILES string of the molecule is CS(=O)(=O)c1ccc(-c2[nH]c3ccccc3c2-c2ccc(Br)cc2)cc1. The molecule has 4 aromatic rings. The Kier molecular flexibility index (Phi) is 4.21. The van der Waals surface area contributed by atoms with Gasteiger partial charge in [-0.05, 0) is 41.5 Å². The number of hydrogen-bond acceptors (Lipinski definition) is 2. The van der Waals surface area contributed by atoms with Crippen LogP contribution < -0.4 is 0 Å². The molecule has 1 N–H and O–H groups in total. The molecule has 0 aliphatic heterocycles. The molecule has 3 aromatic carbocycles. The minimum atomic E-state index is -3.21. The first-order chi connectivity index (χ1) is 12.4. The van der Waals surface area contributed by atoms with Crippen molar-refractivity contribution in [3.63, 3.8) is 0 Å². The molecule has 0 unspecified atom stereocenters. The summed E-state index contributed by atoms with van der Waals surface area (Å²) in [6.07, 6.45) is 1.22. The van der Waals surface area contributed by atoms with Crippen LogP contribution in [0.25, 0.3) is 33.3 Å². The summed E-state index contributed by atoms with van der Waals surface area (Å²) < 4.78 is 24.5. The summed E-state index contributed by atoms with van der Waals surface area (Å²) in [6.45, 7) is 0. The molecule has 5 heteroatoms. The highest BCUT2D eigenvalue weighted by molar-refractivity contribution is 9.10. The summed E-state index contributed by atoms with van der Waals surface area (Å²) >= 11 is 3.48. The van der Waals surface area contributed by atoms with Gasteiger partial charge in [0.2, 0.25) is 0 Å². The molecule has 130 valence electrons. The second-order valence-electron chi connectivity index (χ2n) is 6.22. The van der Waals surface area contributed by atoms with Crippen molar-refractivity contribution in [2.45, 2.75) is 4.90 Å². The summed E-state index contributed by atoms with van der Waals surface area (Å²) in [5, 5.41) is 1.14. The van der Waals surface area contributed by atoms with Crippen molar-refractivity contribution in [2.24, 2.45) is 0 Å². The van der Waals surface area contributed by atoms with E-state index in [4.69, 9.17) is 0 Å². The highest BCUT2D eigenvalue weighted by Crippen LogP contribution is 2.38. The van der Waals surface area contributed by atoms with Crippen LogP contribution in [0.3, 0.4) is 0 Å². The highest BCUT2D eigenvalue weighted by Gasteiger charge is 2.15. The molecule has 0 amide bonds. The monoisotopic (exact) mass is 425 g/mol. The Balaban J connectivity index is 1.95. The summed E-state index contributed by atoms with van der Waals surface area (Å²) in [7, 11) is -3.21. The van der Waals surface area contributed by atoms with Gasteiger partial charge in [-0.2, -0.15) is 0 Å². The molecule has 0 bridgehead atoms. The van der Waals surface area contributed by atoms with Crippen LogP contribution in [0, 0.1) is 0 Å². The highest BCUT2D eigenvalue weighted by atomic mass is 79.9. The van der Waals surface area contributed by atoms with Crippen molar-refractivity contribution < 1.29 is 8.42 Å². The van der Waals surface area contributed by atoms with Crippen molar-refractivity contribution in [1.82, 2.24) is 4.98 Å². The molecule has 0 aliphatic rings. The molecule has 0 atom stereocenters. The van der Waals surface area contributed by atoms with E-state index >= 15 is 0 Å². The predicted octanol–water partition coefficient (Wildman–Crippen LogP) is 5.67. The lowest BCUT2D eigenvalue weighted by atomic mass is 9.98. The van der Waals surface area contributed by atoms with Crippen LogP contribution in [0.5, 0.6) is 0 Å².